The summed E-state index contributed by atoms with van der Waals surface area (Å²) < 4.78 is 42.0. The molecule has 53 heavy (non-hydrogen) atoms. The van der Waals surface area contributed by atoms with Crippen molar-refractivity contribution in [3.63, 3.8) is 0 Å². The second-order valence-corrected chi connectivity index (χ2v) is 12.8. The molecule has 6 atom stereocenters. The summed E-state index contributed by atoms with van der Waals surface area (Å²) >= 11 is 5.49. The Morgan fingerprint density at radius 1 is 0.472 bits per heavy atom. The van der Waals surface area contributed by atoms with Crippen LogP contribution >= 0.6 is 11.6 Å². The van der Waals surface area contributed by atoms with Gasteiger partial charge in [0.2, 0.25) is 0 Å². The third-order valence-corrected chi connectivity index (χ3v) is 6.68. The van der Waals surface area contributed by atoms with Gasteiger partial charge in [-0.05, 0) is 72.1 Å². The van der Waals surface area contributed by atoms with Crippen molar-refractivity contribution in [1.29, 1.82) is 0 Å². The Labute approximate surface area is 315 Å². The SMILES string of the molecule is CC(O)COC(=O)COC(=O)OCC(C)O.CC(O)COC(=O)OCC(C)CCl.CC(O)COC(=O)OCC1CCC(COC(=O)OCC(C)O)CC1. The zero-order chi connectivity index (χ0) is 40.8. The van der Waals surface area contributed by atoms with E-state index in [9.17, 15) is 24.0 Å². The van der Waals surface area contributed by atoms with Gasteiger partial charge in [0.05, 0.1) is 50.3 Å². The number of hydrogen-bond donors (Lipinski definition) is 5. The first-order valence-electron chi connectivity index (χ1n) is 17.1. The number of ether oxygens (including phenoxy) is 9. The van der Waals surface area contributed by atoms with E-state index in [-0.39, 0.29) is 57.4 Å². The van der Waals surface area contributed by atoms with Crippen LogP contribution in [0.5, 0.6) is 0 Å². The molecular weight excluding hydrogens is 736 g/mol. The number of hydrogen-bond acceptors (Lipinski definition) is 19. The summed E-state index contributed by atoms with van der Waals surface area (Å²) in [6.45, 7) is 8.98. The molecule has 20 heteroatoms. The highest BCUT2D eigenvalue weighted by Crippen LogP contribution is 2.29. The third kappa shape index (κ3) is 36.8. The smallest absolute Gasteiger partial charge is 0.460 e. The van der Waals surface area contributed by atoms with Crippen LogP contribution in [0.4, 0.5) is 19.2 Å². The van der Waals surface area contributed by atoms with Gasteiger partial charge in [0.15, 0.2) is 6.61 Å². The maximum Gasteiger partial charge on any atom is 0.508 e. The average molecular weight is 795 g/mol. The summed E-state index contributed by atoms with van der Waals surface area (Å²) in [6.07, 6.45) is -3.50. The van der Waals surface area contributed by atoms with Gasteiger partial charge in [0.1, 0.15) is 33.0 Å². The van der Waals surface area contributed by atoms with Crippen molar-refractivity contribution in [3.05, 3.63) is 0 Å². The fraction of sp³-hybridized carbons (Fsp3) is 0.848. The Morgan fingerprint density at radius 2 is 0.755 bits per heavy atom. The van der Waals surface area contributed by atoms with Crippen LogP contribution in [0.1, 0.15) is 67.2 Å². The molecule has 0 amide bonds. The summed E-state index contributed by atoms with van der Waals surface area (Å²) in [5.74, 6) is 0.296. The van der Waals surface area contributed by atoms with Crippen molar-refractivity contribution >= 4 is 42.2 Å². The van der Waals surface area contributed by atoms with Crippen molar-refractivity contribution in [2.75, 3.05) is 65.3 Å². The number of carbonyl (C=O) groups excluding carboxylic acids is 5. The van der Waals surface area contributed by atoms with Gasteiger partial charge in [0.25, 0.3) is 0 Å². The van der Waals surface area contributed by atoms with Gasteiger partial charge in [0, 0.05) is 11.8 Å². The Morgan fingerprint density at radius 3 is 1.08 bits per heavy atom. The molecule has 0 aliphatic heterocycles. The number of esters is 1. The van der Waals surface area contributed by atoms with Crippen LogP contribution in [0, 0.1) is 17.8 Å². The van der Waals surface area contributed by atoms with Crippen LogP contribution in [-0.4, -0.2) is 152 Å². The Hall–Kier alpha value is -3.36. The van der Waals surface area contributed by atoms with E-state index in [1.54, 1.807) is 0 Å². The number of aliphatic hydroxyl groups excluding tert-OH is 5. The fourth-order valence-corrected chi connectivity index (χ4v) is 3.57. The molecule has 5 N–H and O–H groups in total. The largest absolute Gasteiger partial charge is 0.508 e. The first kappa shape index (κ1) is 51.7. The molecule has 312 valence electrons. The van der Waals surface area contributed by atoms with Crippen LogP contribution in [0.25, 0.3) is 0 Å². The van der Waals surface area contributed by atoms with Gasteiger partial charge in [-0.25, -0.2) is 24.0 Å². The zero-order valence-corrected chi connectivity index (χ0v) is 32.1. The van der Waals surface area contributed by atoms with Gasteiger partial charge in [-0.3, -0.25) is 0 Å². The summed E-state index contributed by atoms with van der Waals surface area (Å²) in [5.41, 5.74) is 0. The molecule has 1 fully saturated rings. The molecule has 1 saturated carbocycles. The second-order valence-electron chi connectivity index (χ2n) is 12.5. The summed E-state index contributed by atoms with van der Waals surface area (Å²) in [4.78, 5) is 55.0. The van der Waals surface area contributed by atoms with Crippen molar-refractivity contribution < 1.29 is 92.1 Å². The maximum atomic E-state index is 11.3. The highest BCUT2D eigenvalue weighted by atomic mass is 35.5. The molecule has 19 nitrogen and oxygen atoms in total. The number of aliphatic hydroxyl groups is 5. The molecular formula is C33H59ClO19. The summed E-state index contributed by atoms with van der Waals surface area (Å²) in [6, 6.07) is 0. The van der Waals surface area contributed by atoms with Crippen molar-refractivity contribution in [1.82, 2.24) is 0 Å². The highest BCUT2D eigenvalue weighted by molar-refractivity contribution is 6.18. The molecule has 0 radical (unpaired) electrons. The monoisotopic (exact) mass is 794 g/mol. The van der Waals surface area contributed by atoms with E-state index in [0.29, 0.717) is 19.1 Å². The highest BCUT2D eigenvalue weighted by Gasteiger charge is 2.24. The summed E-state index contributed by atoms with van der Waals surface area (Å²) in [5, 5.41) is 44.3. The number of halogens is 1. The summed E-state index contributed by atoms with van der Waals surface area (Å²) in [7, 11) is 0. The maximum absolute atomic E-state index is 11.3. The van der Waals surface area contributed by atoms with Crippen molar-refractivity contribution in [2.24, 2.45) is 17.8 Å². The first-order chi connectivity index (χ1) is 24.8. The number of carbonyl (C=O) groups is 5. The molecule has 1 aliphatic rings. The van der Waals surface area contributed by atoms with Gasteiger partial charge in [-0.1, -0.05) is 6.92 Å². The van der Waals surface area contributed by atoms with E-state index in [4.69, 9.17) is 56.1 Å². The van der Waals surface area contributed by atoms with Crippen molar-refractivity contribution in [3.8, 4) is 0 Å². The van der Waals surface area contributed by atoms with Crippen LogP contribution in [0.15, 0.2) is 0 Å². The van der Waals surface area contributed by atoms with E-state index < -0.39 is 67.7 Å². The molecule has 6 unspecified atom stereocenters. The molecule has 0 bridgehead atoms. The Bertz CT molecular complexity index is 923. The van der Waals surface area contributed by atoms with E-state index in [1.807, 2.05) is 6.92 Å². The lowest BCUT2D eigenvalue weighted by Crippen LogP contribution is -2.25. The van der Waals surface area contributed by atoms with Crippen molar-refractivity contribution in [2.45, 2.75) is 97.7 Å². The van der Waals surface area contributed by atoms with Crippen LogP contribution in [0.3, 0.4) is 0 Å². The van der Waals surface area contributed by atoms with Gasteiger partial charge in [-0.2, -0.15) is 0 Å². The molecule has 0 aromatic rings. The minimum absolute atomic E-state index is 0.0475. The second kappa shape index (κ2) is 32.1. The number of alkyl halides is 1. The minimum Gasteiger partial charge on any atom is -0.460 e. The normalized spacial score (nSPS) is 18.2. The predicted molar refractivity (Wildman–Crippen MR) is 184 cm³/mol. The fourth-order valence-electron chi connectivity index (χ4n) is 3.49. The molecule has 0 aromatic carbocycles. The quantitative estimate of drug-likeness (QED) is 0.0714. The minimum atomic E-state index is -1.06. The molecule has 0 heterocycles. The van der Waals surface area contributed by atoms with Crippen LogP contribution in [-0.2, 0) is 47.4 Å². The lowest BCUT2D eigenvalue weighted by molar-refractivity contribution is -0.150. The Kier molecular flexibility index (Phi) is 31.3. The number of rotatable bonds is 19. The average Bonchev–Trinajstić information content (AvgIpc) is 3.10. The lowest BCUT2D eigenvalue weighted by Gasteiger charge is -2.27. The Balaban J connectivity index is 0. The van der Waals surface area contributed by atoms with E-state index in [2.05, 4.69) is 23.7 Å². The third-order valence-electron chi connectivity index (χ3n) is 6.15. The topological polar surface area (TPSA) is 270 Å². The lowest BCUT2D eigenvalue weighted by atomic mass is 9.83. The zero-order valence-electron chi connectivity index (χ0n) is 31.3. The molecule has 1 rings (SSSR count). The van der Waals surface area contributed by atoms with Crippen LogP contribution in [0.2, 0.25) is 0 Å². The van der Waals surface area contributed by atoms with Gasteiger partial charge in [-0.15, -0.1) is 11.6 Å². The molecule has 1 aliphatic carbocycles. The van der Waals surface area contributed by atoms with E-state index in [1.165, 1.54) is 34.6 Å². The standard InChI is InChI=1S/C16H28O8.C9H16O7.C8H15ClO4/c1-11(17)7-21-15(19)23-9-13-3-5-14(6-4-13)10-24-16(20)22-8-12(2)18;1-6(10)3-14-8(12)5-16-9(13)15-4-7(2)11;1-6(3-9)4-12-8(11)13-5-7(2)10/h11-14,17-18H,3-10H2,1-2H3;6-7,10-11H,3-5H2,1-2H3;6-7,10H,3-5H2,1-2H3. The molecule has 0 spiro atoms. The van der Waals surface area contributed by atoms with E-state index >= 15 is 0 Å². The van der Waals surface area contributed by atoms with E-state index in [0.717, 1.165) is 25.7 Å². The molecule has 0 saturated heterocycles. The predicted octanol–water partition coefficient (Wildman–Crippen LogP) is 2.70. The molecule has 0 aromatic heterocycles. The van der Waals surface area contributed by atoms with Crippen LogP contribution < -0.4 is 0 Å². The van der Waals surface area contributed by atoms with Gasteiger partial charge < -0.3 is 68.2 Å². The van der Waals surface area contributed by atoms with Gasteiger partial charge >= 0.3 is 30.6 Å². The first-order valence-corrected chi connectivity index (χ1v) is 17.7.